The second kappa shape index (κ2) is 4.03. The molecule has 0 radical (unpaired) electrons. The Bertz CT molecular complexity index is 781. The zero-order chi connectivity index (χ0) is 13.7. The van der Waals surface area contributed by atoms with Crippen molar-refractivity contribution in [2.45, 2.75) is 13.3 Å². The van der Waals surface area contributed by atoms with E-state index in [0.29, 0.717) is 0 Å². The molecule has 0 spiro atoms. The number of fused-ring (bicyclic) bond motifs is 1. The Balaban J connectivity index is 1.95. The van der Waals surface area contributed by atoms with Crippen LogP contribution in [-0.4, -0.2) is 42.5 Å². The lowest BCUT2D eigenvalue weighted by Gasteiger charge is -2.34. The van der Waals surface area contributed by atoms with Crippen LogP contribution in [-0.2, 0) is 7.05 Å². The number of rotatable bonds is 2. The highest BCUT2D eigenvalue weighted by Crippen LogP contribution is 2.32. The molecule has 0 bridgehead atoms. The number of hydrogen-bond donors (Lipinski definition) is 0. The van der Waals surface area contributed by atoms with Crippen LogP contribution in [0.2, 0.25) is 0 Å². The Kier molecular flexibility index (Phi) is 2.29. The van der Waals surface area contributed by atoms with Crippen LogP contribution in [0, 0.1) is 6.92 Å². The molecule has 0 atom stereocenters. The highest BCUT2D eigenvalue weighted by atomic mass is 15.3. The summed E-state index contributed by atoms with van der Waals surface area (Å²) in [7, 11) is 1.87. The van der Waals surface area contributed by atoms with Crippen LogP contribution < -0.4 is 4.90 Å². The smallest absolute Gasteiger partial charge is 0.183 e. The van der Waals surface area contributed by atoms with Crippen molar-refractivity contribution in [1.82, 2.24) is 29.4 Å². The molecule has 0 amide bonds. The fraction of sp³-hybridized carbons (Fsp3) is 0.385. The molecule has 0 aliphatic carbocycles. The highest BCUT2D eigenvalue weighted by molar-refractivity contribution is 5.77. The predicted molar refractivity (Wildman–Crippen MR) is 74.6 cm³/mol. The zero-order valence-corrected chi connectivity index (χ0v) is 11.5. The van der Waals surface area contributed by atoms with E-state index in [-0.39, 0.29) is 0 Å². The molecule has 3 aromatic heterocycles. The van der Waals surface area contributed by atoms with E-state index in [4.69, 9.17) is 0 Å². The van der Waals surface area contributed by atoms with Gasteiger partial charge in [0.05, 0.1) is 11.9 Å². The average Bonchev–Trinajstić information content (AvgIpc) is 2.90. The highest BCUT2D eigenvalue weighted by Gasteiger charge is 2.22. The second-order valence-corrected chi connectivity index (χ2v) is 5.12. The van der Waals surface area contributed by atoms with E-state index in [1.165, 1.54) is 6.42 Å². The van der Waals surface area contributed by atoms with Gasteiger partial charge < -0.3 is 4.90 Å². The largest absolute Gasteiger partial charge is 0.370 e. The summed E-state index contributed by atoms with van der Waals surface area (Å²) >= 11 is 0. The second-order valence-electron chi connectivity index (χ2n) is 5.12. The topological polar surface area (TPSA) is 64.1 Å². The number of hydrogen-bond acceptors (Lipinski definition) is 5. The first kappa shape index (κ1) is 11.4. The first-order valence-corrected chi connectivity index (χ1v) is 6.69. The molecule has 1 aliphatic heterocycles. The summed E-state index contributed by atoms with van der Waals surface area (Å²) in [4.78, 5) is 11.1. The van der Waals surface area contributed by atoms with Crippen LogP contribution >= 0.6 is 0 Å². The Morgan fingerprint density at radius 3 is 2.70 bits per heavy atom. The monoisotopic (exact) mass is 269 g/mol. The summed E-state index contributed by atoms with van der Waals surface area (Å²) in [6.45, 7) is 4.03. The summed E-state index contributed by atoms with van der Waals surface area (Å²) in [5.41, 5.74) is 2.97. The first-order valence-electron chi connectivity index (χ1n) is 6.69. The van der Waals surface area contributed by atoms with Gasteiger partial charge in [-0.05, 0) is 19.4 Å². The molecule has 1 aliphatic rings. The minimum absolute atomic E-state index is 0.734. The van der Waals surface area contributed by atoms with Crippen LogP contribution in [0.5, 0.6) is 0 Å². The van der Waals surface area contributed by atoms with Crippen LogP contribution in [0.1, 0.15) is 12.2 Å². The molecule has 20 heavy (non-hydrogen) atoms. The van der Waals surface area contributed by atoms with E-state index in [9.17, 15) is 0 Å². The number of aromatic nitrogens is 6. The van der Waals surface area contributed by atoms with E-state index in [2.05, 4.69) is 25.1 Å². The van der Waals surface area contributed by atoms with Crippen molar-refractivity contribution in [3.8, 4) is 11.4 Å². The van der Waals surface area contributed by atoms with Crippen molar-refractivity contribution in [2.24, 2.45) is 7.05 Å². The Labute approximate surface area is 115 Å². The van der Waals surface area contributed by atoms with Crippen molar-refractivity contribution in [3.63, 3.8) is 0 Å². The Morgan fingerprint density at radius 1 is 1.20 bits per heavy atom. The van der Waals surface area contributed by atoms with E-state index < -0.39 is 0 Å². The molecular weight excluding hydrogens is 254 g/mol. The fourth-order valence-corrected chi connectivity index (χ4v) is 2.48. The predicted octanol–water partition coefficient (Wildman–Crippen LogP) is 1.04. The SMILES string of the molecule is Cc1nc2cc(-c3ncn(C)n3)c(N3CCC3)cn2n1. The minimum Gasteiger partial charge on any atom is -0.370 e. The number of nitrogens with zero attached hydrogens (tertiary/aromatic N) is 7. The lowest BCUT2D eigenvalue weighted by Crippen LogP contribution is -2.37. The van der Waals surface area contributed by atoms with Gasteiger partial charge in [-0.15, -0.1) is 0 Å². The third-order valence-corrected chi connectivity index (χ3v) is 3.59. The van der Waals surface area contributed by atoms with Gasteiger partial charge in [0.1, 0.15) is 12.2 Å². The quantitative estimate of drug-likeness (QED) is 0.695. The maximum atomic E-state index is 4.42. The molecule has 4 rings (SSSR count). The third kappa shape index (κ3) is 1.66. The molecule has 0 unspecified atom stereocenters. The van der Waals surface area contributed by atoms with Crippen molar-refractivity contribution in [2.75, 3.05) is 18.0 Å². The summed E-state index contributed by atoms with van der Waals surface area (Å²) in [6, 6.07) is 2.02. The summed E-state index contributed by atoms with van der Waals surface area (Å²) < 4.78 is 3.55. The lowest BCUT2D eigenvalue weighted by molar-refractivity contribution is 0.616. The first-order chi connectivity index (χ1) is 9.70. The maximum absolute atomic E-state index is 4.42. The van der Waals surface area contributed by atoms with Gasteiger partial charge in [0.15, 0.2) is 11.5 Å². The molecule has 4 heterocycles. The molecule has 0 N–H and O–H groups in total. The molecule has 3 aromatic rings. The maximum Gasteiger partial charge on any atom is 0.183 e. The molecule has 1 saturated heterocycles. The van der Waals surface area contributed by atoms with Crippen molar-refractivity contribution >= 4 is 11.3 Å². The van der Waals surface area contributed by atoms with Crippen LogP contribution in [0.3, 0.4) is 0 Å². The average molecular weight is 269 g/mol. The van der Waals surface area contributed by atoms with E-state index in [1.54, 1.807) is 11.0 Å². The Morgan fingerprint density at radius 2 is 2.05 bits per heavy atom. The van der Waals surface area contributed by atoms with Crippen molar-refractivity contribution < 1.29 is 0 Å². The van der Waals surface area contributed by atoms with E-state index in [0.717, 1.165) is 41.6 Å². The lowest BCUT2D eigenvalue weighted by atomic mass is 10.1. The van der Waals surface area contributed by atoms with Crippen LogP contribution in [0.25, 0.3) is 17.0 Å². The fourth-order valence-electron chi connectivity index (χ4n) is 2.48. The van der Waals surface area contributed by atoms with Gasteiger partial charge in [-0.2, -0.15) is 10.2 Å². The van der Waals surface area contributed by atoms with Gasteiger partial charge in [0.25, 0.3) is 0 Å². The Hall–Kier alpha value is -2.44. The third-order valence-electron chi connectivity index (χ3n) is 3.59. The summed E-state index contributed by atoms with van der Waals surface area (Å²) in [6.07, 6.45) is 4.97. The molecule has 0 aromatic carbocycles. The number of aryl methyl sites for hydroxylation is 2. The molecule has 0 saturated carbocycles. The van der Waals surface area contributed by atoms with Gasteiger partial charge in [-0.1, -0.05) is 0 Å². The molecule has 7 nitrogen and oxygen atoms in total. The molecular formula is C13H15N7. The van der Waals surface area contributed by atoms with Crippen molar-refractivity contribution in [3.05, 3.63) is 24.4 Å². The number of anilines is 1. The van der Waals surface area contributed by atoms with Gasteiger partial charge in [-0.3, -0.25) is 4.68 Å². The summed E-state index contributed by atoms with van der Waals surface area (Å²) in [5, 5.41) is 8.80. The normalized spacial score (nSPS) is 14.8. The molecule has 102 valence electrons. The zero-order valence-electron chi connectivity index (χ0n) is 11.5. The van der Waals surface area contributed by atoms with E-state index in [1.807, 2.05) is 30.8 Å². The van der Waals surface area contributed by atoms with Crippen molar-refractivity contribution in [1.29, 1.82) is 0 Å². The van der Waals surface area contributed by atoms with E-state index >= 15 is 0 Å². The number of pyridine rings is 1. The summed E-state index contributed by atoms with van der Waals surface area (Å²) in [5.74, 6) is 1.50. The molecule has 1 fully saturated rings. The van der Waals surface area contributed by atoms with Gasteiger partial charge >= 0.3 is 0 Å². The van der Waals surface area contributed by atoms with Gasteiger partial charge in [0.2, 0.25) is 0 Å². The standard InChI is InChI=1S/C13H15N7/c1-9-15-12-6-10(13-14-8-18(2)17-13)11(7-20(12)16-9)19-4-3-5-19/h6-8H,3-5H2,1-2H3. The minimum atomic E-state index is 0.734. The molecule has 7 heteroatoms. The van der Waals surface area contributed by atoms with Gasteiger partial charge in [-0.25, -0.2) is 14.5 Å². The van der Waals surface area contributed by atoms with Gasteiger partial charge in [0, 0.05) is 25.7 Å². The van der Waals surface area contributed by atoms with Crippen LogP contribution in [0.4, 0.5) is 5.69 Å². The van der Waals surface area contributed by atoms with Crippen LogP contribution in [0.15, 0.2) is 18.6 Å².